The number of carbonyl (C=O) groups excluding carboxylic acids is 1. The van der Waals surface area contributed by atoms with Crippen LogP contribution in [-0.2, 0) is 10.5 Å². The minimum absolute atomic E-state index is 0.257. The average molecular weight is 519 g/mol. The highest BCUT2D eigenvalue weighted by Crippen LogP contribution is 2.38. The molecule has 1 aliphatic rings. The number of nitrogens with zero attached hydrogens (tertiary/aromatic N) is 4. The Bertz CT molecular complexity index is 1440. The molecule has 0 saturated carbocycles. The molecule has 0 bridgehead atoms. The molecule has 0 radical (unpaired) electrons. The highest BCUT2D eigenvalue weighted by molar-refractivity contribution is 7.98. The van der Waals surface area contributed by atoms with Crippen molar-refractivity contribution >= 4 is 40.9 Å². The van der Waals surface area contributed by atoms with Crippen molar-refractivity contribution in [3.05, 3.63) is 100 Å². The van der Waals surface area contributed by atoms with E-state index in [4.69, 9.17) is 26.4 Å². The third-order valence-corrected chi connectivity index (χ3v) is 6.98. The minimum atomic E-state index is -0.518. The maximum absolute atomic E-state index is 13.5. The van der Waals surface area contributed by atoms with E-state index in [0.717, 1.165) is 11.1 Å². The predicted octanol–water partition coefficient (Wildman–Crippen LogP) is 5.56. The van der Waals surface area contributed by atoms with Crippen LogP contribution in [0.1, 0.15) is 24.1 Å². The van der Waals surface area contributed by atoms with Crippen LogP contribution in [0.3, 0.4) is 0 Å². The molecule has 0 unspecified atom stereocenters. The second kappa shape index (κ2) is 10.4. The van der Waals surface area contributed by atoms with E-state index in [2.05, 4.69) is 15.6 Å². The van der Waals surface area contributed by atoms with E-state index in [-0.39, 0.29) is 5.91 Å². The lowest BCUT2D eigenvalue weighted by molar-refractivity contribution is -0.113. The number of ether oxygens (including phenoxy) is 1. The molecule has 0 spiro atoms. The van der Waals surface area contributed by atoms with E-state index in [0.29, 0.717) is 44.6 Å². The number of methoxy groups -OCH3 is 1. The van der Waals surface area contributed by atoms with Crippen molar-refractivity contribution in [3.63, 3.8) is 0 Å². The third-order valence-electron chi connectivity index (χ3n) is 5.72. The summed E-state index contributed by atoms with van der Waals surface area (Å²) in [5.41, 5.74) is 3.66. The molecule has 0 fully saturated rings. The van der Waals surface area contributed by atoms with Crippen LogP contribution in [0.5, 0.6) is 5.75 Å². The summed E-state index contributed by atoms with van der Waals surface area (Å²) < 4.78 is 7.20. The number of nitrogens with one attached hydrogen (secondary N) is 2. The quantitative estimate of drug-likeness (QED) is 0.309. The van der Waals surface area contributed by atoms with Gasteiger partial charge in [-0.15, -0.1) is 5.10 Å². The fraction of sp³-hybridized carbons (Fsp3) is 0.154. The highest BCUT2D eigenvalue weighted by atomic mass is 35.5. The standard InChI is InChI=1S/C26H23ClN6O2S/c1-16-22(24(34)30-19-9-6-12-28-14-19)23(17-8-5-10-20(13-17)35-2)33-25(29-16)31-26(32-33)36-15-18-7-3-4-11-21(18)27/h3-14,23H,15H2,1-2H3,(H,30,34)(H,29,31,32)/t23-/m1/s1. The number of rotatable bonds is 7. The number of thioether (sulfide) groups is 1. The second-order valence-corrected chi connectivity index (χ2v) is 9.43. The van der Waals surface area contributed by atoms with Crippen LogP contribution in [0, 0.1) is 0 Å². The first-order chi connectivity index (χ1) is 17.5. The van der Waals surface area contributed by atoms with Gasteiger partial charge in [0.25, 0.3) is 5.91 Å². The summed E-state index contributed by atoms with van der Waals surface area (Å²) in [5, 5.41) is 12.3. The SMILES string of the molecule is COc1cccc([C@@H]2C(C(=O)Nc3cccnc3)=C(C)Nc3nc(SCc4ccccc4Cl)nn32)c1. The summed E-state index contributed by atoms with van der Waals surface area (Å²) in [5.74, 6) is 1.60. The zero-order valence-corrected chi connectivity index (χ0v) is 21.2. The first kappa shape index (κ1) is 23.9. The number of amides is 1. The summed E-state index contributed by atoms with van der Waals surface area (Å²) in [7, 11) is 1.61. The van der Waals surface area contributed by atoms with Crippen molar-refractivity contribution in [2.24, 2.45) is 0 Å². The summed E-state index contributed by atoms with van der Waals surface area (Å²) in [6.45, 7) is 1.86. The number of benzene rings is 2. The van der Waals surface area contributed by atoms with E-state index in [1.807, 2.05) is 55.5 Å². The van der Waals surface area contributed by atoms with E-state index in [9.17, 15) is 4.79 Å². The molecule has 1 amide bonds. The Balaban J connectivity index is 1.51. The number of fused-ring (bicyclic) bond motifs is 1. The van der Waals surface area contributed by atoms with Crippen LogP contribution in [0.25, 0.3) is 0 Å². The van der Waals surface area contributed by atoms with Crippen molar-refractivity contribution in [1.82, 2.24) is 19.7 Å². The van der Waals surface area contributed by atoms with Gasteiger partial charge in [-0.05, 0) is 48.4 Å². The number of carbonyl (C=O) groups is 1. The fourth-order valence-corrected chi connectivity index (χ4v) is 5.11. The van der Waals surface area contributed by atoms with Gasteiger partial charge in [-0.25, -0.2) is 4.68 Å². The lowest BCUT2D eigenvalue weighted by Gasteiger charge is -2.28. The molecule has 10 heteroatoms. The molecule has 4 aromatic rings. The van der Waals surface area contributed by atoms with Crippen molar-refractivity contribution in [3.8, 4) is 5.75 Å². The Morgan fingerprint density at radius 1 is 1.19 bits per heavy atom. The van der Waals surface area contributed by atoms with E-state index >= 15 is 0 Å². The number of hydrogen-bond donors (Lipinski definition) is 2. The van der Waals surface area contributed by atoms with Crippen molar-refractivity contribution in [2.45, 2.75) is 23.9 Å². The van der Waals surface area contributed by atoms with Crippen LogP contribution >= 0.6 is 23.4 Å². The number of aromatic nitrogens is 4. The average Bonchev–Trinajstić information content (AvgIpc) is 3.30. The van der Waals surface area contributed by atoms with Gasteiger partial charge >= 0.3 is 0 Å². The van der Waals surface area contributed by atoms with Crippen molar-refractivity contribution in [2.75, 3.05) is 17.7 Å². The zero-order valence-electron chi connectivity index (χ0n) is 19.6. The van der Waals surface area contributed by atoms with Crippen molar-refractivity contribution < 1.29 is 9.53 Å². The minimum Gasteiger partial charge on any atom is -0.497 e. The molecule has 2 aromatic carbocycles. The molecule has 182 valence electrons. The molecule has 2 N–H and O–H groups in total. The van der Waals surface area contributed by atoms with Gasteiger partial charge in [-0.3, -0.25) is 9.78 Å². The Morgan fingerprint density at radius 3 is 2.83 bits per heavy atom. The predicted molar refractivity (Wildman–Crippen MR) is 141 cm³/mol. The van der Waals surface area contributed by atoms with Crippen LogP contribution in [0.15, 0.2) is 89.5 Å². The molecular formula is C26H23ClN6O2S. The molecule has 1 atom stereocenters. The molecule has 3 heterocycles. The van der Waals surface area contributed by atoms with Gasteiger partial charge in [0.15, 0.2) is 0 Å². The zero-order chi connectivity index (χ0) is 25.1. The van der Waals surface area contributed by atoms with Gasteiger partial charge < -0.3 is 15.4 Å². The normalized spacial score (nSPS) is 14.7. The summed E-state index contributed by atoms with van der Waals surface area (Å²) in [6.07, 6.45) is 3.26. The Labute approximate surface area is 217 Å². The topological polar surface area (TPSA) is 94.0 Å². The summed E-state index contributed by atoms with van der Waals surface area (Å²) >= 11 is 7.80. The van der Waals surface area contributed by atoms with E-state index in [1.54, 1.807) is 36.3 Å². The molecular weight excluding hydrogens is 496 g/mol. The van der Waals surface area contributed by atoms with E-state index < -0.39 is 6.04 Å². The molecule has 0 saturated heterocycles. The van der Waals surface area contributed by atoms with Crippen LogP contribution in [0.2, 0.25) is 5.02 Å². The van der Waals surface area contributed by atoms with Gasteiger partial charge in [0, 0.05) is 22.7 Å². The Morgan fingerprint density at radius 2 is 2.06 bits per heavy atom. The summed E-state index contributed by atoms with van der Waals surface area (Å²) in [6, 6.07) is 18.4. The van der Waals surface area contributed by atoms with Crippen molar-refractivity contribution in [1.29, 1.82) is 0 Å². The lowest BCUT2D eigenvalue weighted by Crippen LogP contribution is -2.31. The van der Waals surface area contributed by atoms with Crippen LogP contribution in [0.4, 0.5) is 11.6 Å². The molecule has 8 nitrogen and oxygen atoms in total. The lowest BCUT2D eigenvalue weighted by atomic mass is 9.95. The maximum Gasteiger partial charge on any atom is 0.255 e. The van der Waals surface area contributed by atoms with E-state index in [1.165, 1.54) is 11.8 Å². The first-order valence-electron chi connectivity index (χ1n) is 11.2. The second-order valence-electron chi connectivity index (χ2n) is 8.08. The fourth-order valence-electron chi connectivity index (χ4n) is 4.00. The number of halogens is 1. The Hall–Kier alpha value is -3.82. The smallest absolute Gasteiger partial charge is 0.255 e. The molecule has 2 aromatic heterocycles. The number of pyridine rings is 1. The molecule has 5 rings (SSSR count). The van der Waals surface area contributed by atoms with Crippen LogP contribution < -0.4 is 15.4 Å². The number of hydrogen-bond acceptors (Lipinski definition) is 7. The Kier molecular flexibility index (Phi) is 6.92. The monoisotopic (exact) mass is 518 g/mol. The highest BCUT2D eigenvalue weighted by Gasteiger charge is 2.34. The maximum atomic E-state index is 13.5. The summed E-state index contributed by atoms with van der Waals surface area (Å²) in [4.78, 5) is 22.3. The first-order valence-corrected chi connectivity index (χ1v) is 12.6. The number of anilines is 2. The third kappa shape index (κ3) is 4.93. The molecule has 36 heavy (non-hydrogen) atoms. The molecule has 0 aliphatic carbocycles. The molecule has 1 aliphatic heterocycles. The van der Waals surface area contributed by atoms with Crippen LogP contribution in [-0.4, -0.2) is 32.8 Å². The van der Waals surface area contributed by atoms with Gasteiger partial charge in [-0.2, -0.15) is 4.98 Å². The number of allylic oxidation sites excluding steroid dienone is 1. The largest absolute Gasteiger partial charge is 0.497 e. The van der Waals surface area contributed by atoms with Gasteiger partial charge in [0.1, 0.15) is 11.8 Å². The van der Waals surface area contributed by atoms with Gasteiger partial charge in [-0.1, -0.05) is 53.7 Å². The van der Waals surface area contributed by atoms with Gasteiger partial charge in [0.05, 0.1) is 24.6 Å². The van der Waals surface area contributed by atoms with Gasteiger partial charge in [0.2, 0.25) is 11.1 Å².